The minimum absolute atomic E-state index is 0. The molecule has 0 radical (unpaired) electrons. The topological polar surface area (TPSA) is 71.9 Å². The highest BCUT2D eigenvalue weighted by Gasteiger charge is 2.15. The Morgan fingerprint density at radius 1 is 0.972 bits per heavy atom. The lowest BCUT2D eigenvalue weighted by molar-refractivity contribution is -0.908. The Balaban J connectivity index is 0.00000456. The summed E-state index contributed by atoms with van der Waals surface area (Å²) >= 11 is 5.30. The minimum Gasteiger partial charge on any atom is -1.00 e. The summed E-state index contributed by atoms with van der Waals surface area (Å²) in [6.45, 7) is 11.4. The molecule has 1 amide bonds. The quantitative estimate of drug-likeness (QED) is 0.321. The fraction of sp³-hybridized carbons (Fsp3) is 0.464. The monoisotopic (exact) mass is 531 g/mol. The number of unbranched alkanes of at least 4 members (excludes halogenated alkanes) is 1. The molecule has 1 aliphatic heterocycles. The maximum atomic E-state index is 12.5. The molecule has 1 heterocycles. The highest BCUT2D eigenvalue weighted by atomic mass is 35.5. The number of amides is 1. The van der Waals surface area contributed by atoms with Gasteiger partial charge in [-0.2, -0.15) is 0 Å². The van der Waals surface area contributed by atoms with Crippen molar-refractivity contribution in [2.45, 2.75) is 51.9 Å². The lowest BCUT2D eigenvalue weighted by atomic mass is 9.87. The van der Waals surface area contributed by atoms with E-state index < -0.39 is 0 Å². The zero-order valence-electron chi connectivity index (χ0n) is 21.5. The normalized spacial score (nSPS) is 14.0. The van der Waals surface area contributed by atoms with E-state index in [9.17, 15) is 9.59 Å². The number of hydrogen-bond donors (Lipinski definition) is 3. The van der Waals surface area contributed by atoms with Crippen LogP contribution in [0.15, 0.2) is 48.5 Å². The van der Waals surface area contributed by atoms with Gasteiger partial charge in [0.1, 0.15) is 18.9 Å². The maximum absolute atomic E-state index is 12.5. The number of Topliss-reactive ketones (excluding diaryl/α,β-unsaturated/α-hetero) is 1. The molecule has 1 aliphatic rings. The number of rotatable bonds is 9. The molecule has 6 nitrogen and oxygen atoms in total. The Kier molecular flexibility index (Phi) is 12.0. The van der Waals surface area contributed by atoms with Crippen molar-refractivity contribution in [2.24, 2.45) is 0 Å². The molecule has 0 aliphatic carbocycles. The zero-order valence-corrected chi connectivity index (χ0v) is 23.1. The van der Waals surface area contributed by atoms with Crippen LogP contribution in [0.3, 0.4) is 0 Å². The minimum atomic E-state index is -0.250. The van der Waals surface area contributed by atoms with E-state index in [0.29, 0.717) is 18.4 Å². The van der Waals surface area contributed by atoms with E-state index in [0.717, 1.165) is 56.9 Å². The molecule has 196 valence electrons. The van der Waals surface area contributed by atoms with E-state index >= 15 is 0 Å². The molecular formula is C28H38ClN3O3S. The number of hydrogen-bond acceptors (Lipinski definition) is 4. The summed E-state index contributed by atoms with van der Waals surface area (Å²) in [4.78, 5) is 26.4. The first-order chi connectivity index (χ1) is 16.7. The molecule has 2 aromatic rings. The molecule has 1 saturated heterocycles. The van der Waals surface area contributed by atoms with Crippen LogP contribution in [0.5, 0.6) is 0 Å². The number of quaternary nitrogens is 1. The molecule has 3 N–H and O–H groups in total. The molecule has 0 aromatic heterocycles. The van der Waals surface area contributed by atoms with Gasteiger partial charge in [0.25, 0.3) is 5.91 Å². The Bertz CT molecular complexity index is 998. The van der Waals surface area contributed by atoms with Crippen LogP contribution in [-0.2, 0) is 21.4 Å². The van der Waals surface area contributed by atoms with Gasteiger partial charge in [0.2, 0.25) is 0 Å². The predicted octanol–water partition coefficient (Wildman–Crippen LogP) is 0.312. The van der Waals surface area contributed by atoms with Crippen LogP contribution in [0.25, 0.3) is 0 Å². The molecule has 1 fully saturated rings. The van der Waals surface area contributed by atoms with E-state index in [2.05, 4.69) is 31.4 Å². The van der Waals surface area contributed by atoms with Gasteiger partial charge in [0.15, 0.2) is 5.11 Å². The Labute approximate surface area is 226 Å². The molecule has 8 heteroatoms. The molecular weight excluding hydrogens is 494 g/mol. The van der Waals surface area contributed by atoms with Crippen molar-refractivity contribution >= 4 is 34.7 Å². The van der Waals surface area contributed by atoms with Gasteiger partial charge in [-0.1, -0.05) is 45.0 Å². The average molecular weight is 532 g/mol. The molecule has 36 heavy (non-hydrogen) atoms. The van der Waals surface area contributed by atoms with E-state index in [1.54, 1.807) is 4.90 Å². The van der Waals surface area contributed by atoms with Crippen molar-refractivity contribution in [3.8, 4) is 0 Å². The van der Waals surface area contributed by atoms with Crippen LogP contribution in [0.1, 0.15) is 61.5 Å². The van der Waals surface area contributed by atoms with Gasteiger partial charge in [-0.3, -0.25) is 14.9 Å². The molecule has 2 aromatic carbocycles. The van der Waals surface area contributed by atoms with Gasteiger partial charge in [-0.05, 0) is 65.9 Å². The highest BCUT2D eigenvalue weighted by molar-refractivity contribution is 7.80. The van der Waals surface area contributed by atoms with Crippen LogP contribution >= 0.6 is 12.2 Å². The number of halogens is 1. The lowest BCUT2D eigenvalue weighted by Crippen LogP contribution is -3.14. The third-order valence-corrected chi connectivity index (χ3v) is 6.49. The van der Waals surface area contributed by atoms with Gasteiger partial charge in [-0.15, -0.1) is 0 Å². The average Bonchev–Trinajstić information content (AvgIpc) is 2.83. The molecule has 0 spiro atoms. The lowest BCUT2D eigenvalue weighted by Gasteiger charge is -2.23. The van der Waals surface area contributed by atoms with E-state index in [1.165, 1.54) is 5.56 Å². The first-order valence-electron chi connectivity index (χ1n) is 12.5. The summed E-state index contributed by atoms with van der Waals surface area (Å²) in [7, 11) is 0. The zero-order chi connectivity index (χ0) is 25.3. The predicted molar refractivity (Wildman–Crippen MR) is 144 cm³/mol. The van der Waals surface area contributed by atoms with Crippen LogP contribution in [0.4, 0.5) is 5.69 Å². The van der Waals surface area contributed by atoms with Crippen LogP contribution in [-0.4, -0.2) is 49.7 Å². The van der Waals surface area contributed by atoms with Crippen molar-refractivity contribution in [3.63, 3.8) is 0 Å². The number of thiocarbonyl (C=S) groups is 1. The second-order valence-electron chi connectivity index (χ2n) is 10.2. The summed E-state index contributed by atoms with van der Waals surface area (Å²) in [5, 5.41) is 5.99. The Morgan fingerprint density at radius 2 is 1.61 bits per heavy atom. The summed E-state index contributed by atoms with van der Waals surface area (Å²) in [6, 6.07) is 15.2. The van der Waals surface area contributed by atoms with E-state index in [1.807, 2.05) is 48.5 Å². The van der Waals surface area contributed by atoms with Gasteiger partial charge in [-0.25, -0.2) is 0 Å². The fourth-order valence-electron chi connectivity index (χ4n) is 4.09. The second kappa shape index (κ2) is 14.4. The van der Waals surface area contributed by atoms with Crippen molar-refractivity contribution < 1.29 is 31.6 Å². The molecule has 0 saturated carbocycles. The summed E-state index contributed by atoms with van der Waals surface area (Å²) in [5.41, 5.74) is 3.51. The number of carbonyl (C=O) groups excluding carboxylic acids is 2. The van der Waals surface area contributed by atoms with Crippen molar-refractivity contribution in [2.75, 3.05) is 38.2 Å². The van der Waals surface area contributed by atoms with Crippen LogP contribution < -0.4 is 27.9 Å². The number of morpholine rings is 1. The number of benzene rings is 2. The van der Waals surface area contributed by atoms with Gasteiger partial charge in [0.05, 0.1) is 19.8 Å². The van der Waals surface area contributed by atoms with E-state index in [-0.39, 0.29) is 34.6 Å². The van der Waals surface area contributed by atoms with E-state index in [4.69, 9.17) is 17.0 Å². The number of anilines is 1. The Morgan fingerprint density at radius 3 is 2.22 bits per heavy atom. The van der Waals surface area contributed by atoms with Crippen LogP contribution in [0.2, 0.25) is 0 Å². The maximum Gasteiger partial charge on any atom is 0.257 e. The molecule has 0 bridgehead atoms. The molecule has 3 rings (SSSR count). The fourth-order valence-corrected chi connectivity index (χ4v) is 4.30. The molecule has 0 atom stereocenters. The third-order valence-electron chi connectivity index (χ3n) is 6.29. The van der Waals surface area contributed by atoms with Gasteiger partial charge >= 0.3 is 0 Å². The summed E-state index contributed by atoms with van der Waals surface area (Å²) in [6.07, 6.45) is 3.08. The number of nitrogens with one attached hydrogen (secondary N) is 3. The highest BCUT2D eigenvalue weighted by Crippen LogP contribution is 2.22. The smallest absolute Gasteiger partial charge is 0.257 e. The number of carbonyl (C=O) groups is 2. The van der Waals surface area contributed by atoms with Crippen molar-refractivity contribution in [1.29, 1.82) is 0 Å². The number of ether oxygens (including phenoxy) is 1. The SMILES string of the molecule is CC(C)(C)c1ccc(C(=O)NC(=S)Nc2ccc(CC(=O)CCCC[NH+]3CCOCC3)cc2)cc1.[Cl-]. The second-order valence-corrected chi connectivity index (χ2v) is 10.6. The summed E-state index contributed by atoms with van der Waals surface area (Å²) in [5.74, 6) is 0.0170. The third kappa shape index (κ3) is 9.97. The molecule has 0 unspecified atom stereocenters. The van der Waals surface area contributed by atoms with Gasteiger partial charge in [0, 0.05) is 24.1 Å². The standard InChI is InChI=1S/C28H37N3O3S.ClH/c1-28(2,3)23-11-9-22(10-12-23)26(33)30-27(35)29-24-13-7-21(8-14-24)20-25(32)6-4-5-15-31-16-18-34-19-17-31;/h7-14H,4-6,15-20H2,1-3H3,(H2,29,30,33,35);1H. The van der Waals surface area contributed by atoms with Gasteiger partial charge < -0.3 is 27.4 Å². The first-order valence-corrected chi connectivity index (χ1v) is 12.9. The first kappa shape index (κ1) is 29.9. The number of ketones is 1. The largest absolute Gasteiger partial charge is 1.00 e. The van der Waals surface area contributed by atoms with Crippen LogP contribution in [0, 0.1) is 0 Å². The Hall–Kier alpha value is -2.32. The summed E-state index contributed by atoms with van der Waals surface area (Å²) < 4.78 is 5.38. The van der Waals surface area contributed by atoms with Crippen molar-refractivity contribution in [3.05, 3.63) is 65.2 Å². The van der Waals surface area contributed by atoms with Crippen molar-refractivity contribution in [1.82, 2.24) is 5.32 Å².